The van der Waals surface area contributed by atoms with E-state index >= 15 is 0 Å². The number of aryl methyl sites for hydroxylation is 1. The van der Waals surface area contributed by atoms with Crippen LogP contribution in [-0.4, -0.2) is 43.7 Å². The number of hydrogen-bond acceptors (Lipinski definition) is 5. The van der Waals surface area contributed by atoms with Gasteiger partial charge in [-0.25, -0.2) is 4.98 Å². The van der Waals surface area contributed by atoms with Crippen molar-refractivity contribution in [1.82, 2.24) is 29.5 Å². The molecule has 1 aliphatic heterocycles. The Labute approximate surface area is 133 Å². The van der Waals surface area contributed by atoms with E-state index < -0.39 is 0 Å². The summed E-state index contributed by atoms with van der Waals surface area (Å²) in [7, 11) is 3.76. The lowest BCUT2D eigenvalue weighted by Gasteiger charge is -2.13. The zero-order valence-corrected chi connectivity index (χ0v) is 13.3. The number of carbonyl (C=O) groups is 1. The molecular weight excluding hydrogens is 296 g/mol. The highest BCUT2D eigenvalue weighted by Crippen LogP contribution is 2.07. The molecule has 0 aromatic carbocycles. The molecular formula is C15H20N6O2. The van der Waals surface area contributed by atoms with E-state index in [0.29, 0.717) is 24.3 Å². The van der Waals surface area contributed by atoms with Gasteiger partial charge >= 0.3 is 0 Å². The Kier molecular flexibility index (Phi) is 4.24. The van der Waals surface area contributed by atoms with E-state index in [-0.39, 0.29) is 18.0 Å². The van der Waals surface area contributed by atoms with Crippen molar-refractivity contribution in [2.24, 2.45) is 7.05 Å². The fraction of sp³-hybridized carbons (Fsp3) is 0.467. The molecule has 1 aliphatic rings. The van der Waals surface area contributed by atoms with Crippen LogP contribution in [0.1, 0.15) is 28.3 Å². The summed E-state index contributed by atoms with van der Waals surface area (Å²) in [6.07, 6.45) is 4.08. The van der Waals surface area contributed by atoms with Crippen LogP contribution in [0.4, 0.5) is 0 Å². The van der Waals surface area contributed by atoms with Crippen LogP contribution < -0.4 is 10.9 Å². The second-order valence-electron chi connectivity index (χ2n) is 5.83. The summed E-state index contributed by atoms with van der Waals surface area (Å²) in [5.74, 6) is 0.523. The molecule has 0 radical (unpaired) electrons. The molecule has 0 spiro atoms. The number of amides is 1. The number of hydrogen-bond donors (Lipinski definition) is 1. The molecule has 0 bridgehead atoms. The van der Waals surface area contributed by atoms with Gasteiger partial charge < -0.3 is 5.32 Å². The van der Waals surface area contributed by atoms with Gasteiger partial charge in [0.1, 0.15) is 5.82 Å². The smallest absolute Gasteiger partial charge is 0.254 e. The molecule has 0 saturated carbocycles. The van der Waals surface area contributed by atoms with Gasteiger partial charge in [0.05, 0.1) is 30.5 Å². The number of fused-ring (bicyclic) bond motifs is 1. The third-order valence-electron chi connectivity index (χ3n) is 3.87. The van der Waals surface area contributed by atoms with Gasteiger partial charge in [-0.15, -0.1) is 0 Å². The standard InChI is InChI=1S/C15H20N6O2/c1-19-4-3-5-21-13(10-19)18-12(6-14(21)22)8-16-15(23)11-7-17-20(2)9-11/h6-7,9H,3-5,8,10H2,1-2H3,(H,16,23). The Hall–Kier alpha value is -2.48. The summed E-state index contributed by atoms with van der Waals surface area (Å²) in [5.41, 5.74) is 1.00. The van der Waals surface area contributed by atoms with E-state index in [9.17, 15) is 9.59 Å². The second-order valence-corrected chi connectivity index (χ2v) is 5.83. The second kappa shape index (κ2) is 6.33. The fourth-order valence-corrected chi connectivity index (χ4v) is 2.69. The monoisotopic (exact) mass is 316 g/mol. The molecule has 1 N–H and O–H groups in total. The minimum Gasteiger partial charge on any atom is -0.346 e. The zero-order chi connectivity index (χ0) is 16.4. The minimum absolute atomic E-state index is 0.0593. The average molecular weight is 316 g/mol. The van der Waals surface area contributed by atoms with E-state index in [4.69, 9.17) is 0 Å². The normalized spacial score (nSPS) is 15.0. The van der Waals surface area contributed by atoms with Crippen LogP contribution >= 0.6 is 0 Å². The van der Waals surface area contributed by atoms with Gasteiger partial charge in [0.15, 0.2) is 0 Å². The lowest BCUT2D eigenvalue weighted by atomic mass is 10.3. The molecule has 0 atom stereocenters. The molecule has 8 nitrogen and oxygen atoms in total. The maximum absolute atomic E-state index is 12.2. The Morgan fingerprint density at radius 1 is 1.35 bits per heavy atom. The number of rotatable bonds is 3. The molecule has 0 aliphatic carbocycles. The van der Waals surface area contributed by atoms with E-state index in [1.54, 1.807) is 22.5 Å². The number of aromatic nitrogens is 4. The van der Waals surface area contributed by atoms with Gasteiger partial charge in [-0.05, 0) is 13.5 Å². The molecule has 3 rings (SSSR count). The maximum atomic E-state index is 12.2. The first-order valence-electron chi connectivity index (χ1n) is 7.58. The van der Waals surface area contributed by atoms with Gasteiger partial charge in [0.25, 0.3) is 11.5 Å². The highest BCUT2D eigenvalue weighted by atomic mass is 16.1. The van der Waals surface area contributed by atoms with Crippen molar-refractivity contribution >= 4 is 5.91 Å². The summed E-state index contributed by atoms with van der Waals surface area (Å²) in [4.78, 5) is 31.0. The first kappa shape index (κ1) is 15.4. The van der Waals surface area contributed by atoms with Gasteiger partial charge in [-0.2, -0.15) is 5.10 Å². The highest BCUT2D eigenvalue weighted by Gasteiger charge is 2.15. The molecule has 122 valence electrons. The van der Waals surface area contributed by atoms with E-state index in [1.807, 2.05) is 7.05 Å². The number of nitrogens with zero attached hydrogens (tertiary/aromatic N) is 5. The molecule has 2 aromatic rings. The molecule has 0 saturated heterocycles. The third-order valence-corrected chi connectivity index (χ3v) is 3.87. The van der Waals surface area contributed by atoms with Crippen LogP contribution in [-0.2, 0) is 26.7 Å². The molecule has 1 amide bonds. The summed E-state index contributed by atoms with van der Waals surface area (Å²) in [6, 6.07) is 1.50. The number of carbonyl (C=O) groups excluding carboxylic acids is 1. The summed E-state index contributed by atoms with van der Waals surface area (Å²) in [6.45, 7) is 2.49. The average Bonchev–Trinajstić information content (AvgIpc) is 2.84. The lowest BCUT2D eigenvalue weighted by Crippen LogP contribution is -2.29. The summed E-state index contributed by atoms with van der Waals surface area (Å²) in [5, 5.41) is 6.74. The largest absolute Gasteiger partial charge is 0.346 e. The van der Waals surface area contributed by atoms with Gasteiger partial charge in [-0.1, -0.05) is 0 Å². The lowest BCUT2D eigenvalue weighted by molar-refractivity contribution is 0.0950. The Balaban J connectivity index is 1.75. The Morgan fingerprint density at radius 3 is 2.91 bits per heavy atom. The number of nitrogens with one attached hydrogen (secondary N) is 1. The van der Waals surface area contributed by atoms with E-state index in [1.165, 1.54) is 12.3 Å². The maximum Gasteiger partial charge on any atom is 0.254 e. The first-order valence-corrected chi connectivity index (χ1v) is 7.58. The van der Waals surface area contributed by atoms with Crippen molar-refractivity contribution in [2.75, 3.05) is 13.6 Å². The van der Waals surface area contributed by atoms with Crippen molar-refractivity contribution in [2.45, 2.75) is 26.1 Å². The van der Waals surface area contributed by atoms with E-state index in [0.717, 1.165) is 18.8 Å². The van der Waals surface area contributed by atoms with Crippen LogP contribution in [0.15, 0.2) is 23.3 Å². The van der Waals surface area contributed by atoms with Gasteiger partial charge in [-0.3, -0.25) is 23.7 Å². The van der Waals surface area contributed by atoms with Crippen molar-refractivity contribution in [1.29, 1.82) is 0 Å². The molecule has 2 aromatic heterocycles. The third kappa shape index (κ3) is 3.48. The van der Waals surface area contributed by atoms with Gasteiger partial charge in [0.2, 0.25) is 0 Å². The first-order chi connectivity index (χ1) is 11.0. The SMILES string of the molecule is CN1CCCn2c(nc(CNC(=O)c3cnn(C)c3)cc2=O)C1. The molecule has 0 fully saturated rings. The highest BCUT2D eigenvalue weighted by molar-refractivity contribution is 5.93. The van der Waals surface area contributed by atoms with Crippen LogP contribution in [0.2, 0.25) is 0 Å². The molecule has 0 unspecified atom stereocenters. The van der Waals surface area contributed by atoms with Gasteiger partial charge in [0, 0.05) is 32.4 Å². The van der Waals surface area contributed by atoms with Crippen LogP contribution in [0.3, 0.4) is 0 Å². The van der Waals surface area contributed by atoms with Crippen LogP contribution in [0.25, 0.3) is 0 Å². The molecule has 23 heavy (non-hydrogen) atoms. The fourth-order valence-electron chi connectivity index (χ4n) is 2.69. The summed E-state index contributed by atoms with van der Waals surface area (Å²) >= 11 is 0. The topological polar surface area (TPSA) is 85.1 Å². The molecule has 3 heterocycles. The molecule has 8 heteroatoms. The quantitative estimate of drug-likeness (QED) is 0.843. The summed E-state index contributed by atoms with van der Waals surface area (Å²) < 4.78 is 3.29. The Bertz CT molecular complexity index is 779. The predicted molar refractivity (Wildman–Crippen MR) is 83.8 cm³/mol. The zero-order valence-electron chi connectivity index (χ0n) is 13.3. The van der Waals surface area contributed by atoms with E-state index in [2.05, 4.69) is 20.3 Å². The van der Waals surface area contributed by atoms with Crippen molar-refractivity contribution < 1.29 is 4.79 Å². The minimum atomic E-state index is -0.230. The van der Waals surface area contributed by atoms with Crippen molar-refractivity contribution in [3.8, 4) is 0 Å². The van der Waals surface area contributed by atoms with Crippen LogP contribution in [0.5, 0.6) is 0 Å². The van der Waals surface area contributed by atoms with Crippen molar-refractivity contribution in [3.63, 3.8) is 0 Å². The van der Waals surface area contributed by atoms with Crippen molar-refractivity contribution in [3.05, 3.63) is 45.9 Å². The predicted octanol–water partition coefficient (Wildman–Crippen LogP) is -0.258. The van der Waals surface area contributed by atoms with Crippen LogP contribution in [0, 0.1) is 0 Å². The Morgan fingerprint density at radius 2 is 2.17 bits per heavy atom.